The topological polar surface area (TPSA) is 60.1 Å². The summed E-state index contributed by atoms with van der Waals surface area (Å²) in [6.45, 7) is 0.992. The fourth-order valence-electron chi connectivity index (χ4n) is 2.86. The predicted octanol–water partition coefficient (Wildman–Crippen LogP) is 2.85. The zero-order valence-electron chi connectivity index (χ0n) is 12.9. The number of hydrogen-bond donors (Lipinski definition) is 0. The van der Waals surface area contributed by atoms with Gasteiger partial charge in [-0.25, -0.2) is 14.2 Å². The minimum absolute atomic E-state index is 0.336. The SMILES string of the molecule is O=c1nc2n(c(=O)n1-c1ccc(Cl)cc1)CCN2c1ccc(Cl)cc1. The first-order chi connectivity index (χ1) is 12.0. The van der Waals surface area contributed by atoms with Crippen molar-refractivity contribution in [3.8, 4) is 5.69 Å². The fourth-order valence-corrected chi connectivity index (χ4v) is 3.11. The first-order valence-electron chi connectivity index (χ1n) is 7.57. The molecule has 6 nitrogen and oxygen atoms in total. The number of anilines is 2. The molecular weight excluding hydrogens is 363 g/mol. The summed E-state index contributed by atoms with van der Waals surface area (Å²) in [7, 11) is 0. The molecule has 0 unspecified atom stereocenters. The van der Waals surface area contributed by atoms with Gasteiger partial charge in [-0.05, 0) is 48.5 Å². The number of rotatable bonds is 2. The molecule has 1 aromatic heterocycles. The maximum atomic E-state index is 12.8. The molecule has 1 aliphatic rings. The van der Waals surface area contributed by atoms with Gasteiger partial charge in [0.2, 0.25) is 5.95 Å². The molecule has 2 aromatic carbocycles. The van der Waals surface area contributed by atoms with Crippen LogP contribution in [0.3, 0.4) is 0 Å². The van der Waals surface area contributed by atoms with Crippen LogP contribution in [0.5, 0.6) is 0 Å². The summed E-state index contributed by atoms with van der Waals surface area (Å²) in [6.07, 6.45) is 0. The van der Waals surface area contributed by atoms with Crippen molar-refractivity contribution < 1.29 is 0 Å². The van der Waals surface area contributed by atoms with E-state index in [4.69, 9.17) is 23.2 Å². The van der Waals surface area contributed by atoms with Crippen molar-refractivity contribution in [1.29, 1.82) is 0 Å². The summed E-state index contributed by atoms with van der Waals surface area (Å²) in [6, 6.07) is 13.7. The Morgan fingerprint density at radius 2 is 1.36 bits per heavy atom. The van der Waals surface area contributed by atoms with E-state index in [9.17, 15) is 9.59 Å². The summed E-state index contributed by atoms with van der Waals surface area (Å²) in [4.78, 5) is 31.2. The third-order valence-corrected chi connectivity index (χ3v) is 4.57. The van der Waals surface area contributed by atoms with Gasteiger partial charge in [0.25, 0.3) is 0 Å². The smallest absolute Gasteiger partial charge is 0.310 e. The van der Waals surface area contributed by atoms with Crippen molar-refractivity contribution >= 4 is 34.8 Å². The van der Waals surface area contributed by atoms with Crippen LogP contribution in [-0.2, 0) is 6.54 Å². The van der Waals surface area contributed by atoms with E-state index in [1.807, 2.05) is 17.0 Å². The lowest BCUT2D eigenvalue weighted by Crippen LogP contribution is -2.40. The monoisotopic (exact) mass is 374 g/mol. The van der Waals surface area contributed by atoms with E-state index in [0.29, 0.717) is 34.8 Å². The molecular formula is C17H12Cl2N4O2. The molecule has 0 aliphatic carbocycles. The van der Waals surface area contributed by atoms with Gasteiger partial charge in [0, 0.05) is 28.8 Å². The van der Waals surface area contributed by atoms with E-state index in [2.05, 4.69) is 4.98 Å². The molecule has 0 bridgehead atoms. The van der Waals surface area contributed by atoms with Gasteiger partial charge in [-0.2, -0.15) is 4.98 Å². The number of aromatic nitrogens is 3. The van der Waals surface area contributed by atoms with Crippen molar-refractivity contribution in [2.24, 2.45) is 0 Å². The molecule has 1 aliphatic heterocycles. The maximum absolute atomic E-state index is 12.8. The largest absolute Gasteiger partial charge is 0.359 e. The highest BCUT2D eigenvalue weighted by molar-refractivity contribution is 6.30. The Morgan fingerprint density at radius 3 is 1.96 bits per heavy atom. The van der Waals surface area contributed by atoms with Crippen molar-refractivity contribution in [1.82, 2.24) is 14.1 Å². The third-order valence-electron chi connectivity index (χ3n) is 4.06. The molecule has 0 N–H and O–H groups in total. The van der Waals surface area contributed by atoms with Crippen LogP contribution in [0, 0.1) is 0 Å². The molecule has 0 atom stereocenters. The molecule has 0 saturated carbocycles. The van der Waals surface area contributed by atoms with Crippen LogP contribution in [-0.4, -0.2) is 20.7 Å². The van der Waals surface area contributed by atoms with E-state index < -0.39 is 11.4 Å². The Morgan fingerprint density at radius 1 is 0.800 bits per heavy atom. The molecule has 0 fully saturated rings. The van der Waals surface area contributed by atoms with E-state index in [1.165, 1.54) is 4.57 Å². The van der Waals surface area contributed by atoms with E-state index in [-0.39, 0.29) is 0 Å². The molecule has 0 amide bonds. The third kappa shape index (κ3) is 2.73. The van der Waals surface area contributed by atoms with Gasteiger partial charge in [0.1, 0.15) is 0 Å². The van der Waals surface area contributed by atoms with Crippen molar-refractivity contribution in [3.63, 3.8) is 0 Å². The second-order valence-electron chi connectivity index (χ2n) is 5.57. The lowest BCUT2D eigenvalue weighted by Gasteiger charge is -2.17. The van der Waals surface area contributed by atoms with Gasteiger partial charge in [-0.3, -0.25) is 4.57 Å². The summed E-state index contributed by atoms with van der Waals surface area (Å²) >= 11 is 11.8. The maximum Gasteiger partial charge on any atom is 0.359 e. The van der Waals surface area contributed by atoms with Gasteiger partial charge in [0.05, 0.1) is 5.69 Å². The molecule has 4 rings (SSSR count). The Balaban J connectivity index is 1.84. The highest BCUT2D eigenvalue weighted by Gasteiger charge is 2.26. The second-order valence-corrected chi connectivity index (χ2v) is 6.44. The lowest BCUT2D eigenvalue weighted by molar-refractivity contribution is 0.672. The minimum atomic E-state index is -0.626. The van der Waals surface area contributed by atoms with Crippen LogP contribution in [0.1, 0.15) is 0 Å². The van der Waals surface area contributed by atoms with E-state index in [1.54, 1.807) is 36.4 Å². The average molecular weight is 375 g/mol. The standard InChI is InChI=1S/C17H12Cl2N4O2/c18-11-1-5-13(6-2-11)21-9-10-22-15(21)20-16(24)23(17(22)25)14-7-3-12(19)4-8-14/h1-8H,9-10H2. The summed E-state index contributed by atoms with van der Waals surface area (Å²) in [5, 5.41) is 1.14. The van der Waals surface area contributed by atoms with E-state index >= 15 is 0 Å². The van der Waals surface area contributed by atoms with Crippen molar-refractivity contribution in [2.45, 2.75) is 6.54 Å². The zero-order valence-corrected chi connectivity index (χ0v) is 14.4. The highest BCUT2D eigenvalue weighted by atomic mass is 35.5. The van der Waals surface area contributed by atoms with Gasteiger partial charge in [-0.1, -0.05) is 23.2 Å². The molecule has 25 heavy (non-hydrogen) atoms. The van der Waals surface area contributed by atoms with Crippen molar-refractivity contribution in [2.75, 3.05) is 11.4 Å². The number of hydrogen-bond acceptors (Lipinski definition) is 4. The lowest BCUT2D eigenvalue weighted by atomic mass is 10.3. The Kier molecular flexibility index (Phi) is 3.86. The summed E-state index contributed by atoms with van der Waals surface area (Å²) < 4.78 is 2.54. The first-order valence-corrected chi connectivity index (χ1v) is 8.33. The van der Waals surface area contributed by atoms with Crippen LogP contribution in [0.15, 0.2) is 58.1 Å². The van der Waals surface area contributed by atoms with Crippen LogP contribution in [0.4, 0.5) is 11.6 Å². The average Bonchev–Trinajstić information content (AvgIpc) is 3.01. The normalized spacial score (nSPS) is 13.1. The first kappa shape index (κ1) is 15.9. The van der Waals surface area contributed by atoms with Gasteiger partial charge < -0.3 is 4.90 Å². The number of fused-ring (bicyclic) bond motifs is 1. The summed E-state index contributed by atoms with van der Waals surface area (Å²) in [5.74, 6) is 0.336. The second kappa shape index (κ2) is 6.06. The molecule has 0 saturated heterocycles. The number of benzene rings is 2. The van der Waals surface area contributed by atoms with Crippen molar-refractivity contribution in [3.05, 3.63) is 79.5 Å². The molecule has 8 heteroatoms. The quantitative estimate of drug-likeness (QED) is 0.691. The van der Waals surface area contributed by atoms with Crippen LogP contribution < -0.4 is 16.3 Å². The fraction of sp³-hybridized carbons (Fsp3) is 0.118. The minimum Gasteiger partial charge on any atom is -0.310 e. The Bertz CT molecular complexity index is 1060. The van der Waals surface area contributed by atoms with Crippen LogP contribution >= 0.6 is 23.2 Å². The Labute approximate surface area is 152 Å². The van der Waals surface area contributed by atoms with Gasteiger partial charge in [0.15, 0.2) is 0 Å². The molecule has 2 heterocycles. The van der Waals surface area contributed by atoms with Gasteiger partial charge >= 0.3 is 11.4 Å². The van der Waals surface area contributed by atoms with Crippen LogP contribution in [0.25, 0.3) is 5.69 Å². The zero-order chi connectivity index (χ0) is 17.6. The highest BCUT2D eigenvalue weighted by Crippen LogP contribution is 2.27. The van der Waals surface area contributed by atoms with E-state index in [0.717, 1.165) is 10.3 Å². The molecule has 126 valence electrons. The predicted molar refractivity (Wildman–Crippen MR) is 97.6 cm³/mol. The molecule has 0 radical (unpaired) electrons. The number of nitrogens with zero attached hydrogens (tertiary/aromatic N) is 4. The summed E-state index contributed by atoms with van der Waals surface area (Å²) in [5.41, 5.74) is 0.214. The number of halogens is 2. The Hall–Kier alpha value is -2.57. The molecule has 3 aromatic rings. The van der Waals surface area contributed by atoms with Gasteiger partial charge in [-0.15, -0.1) is 0 Å². The molecule has 0 spiro atoms. The van der Waals surface area contributed by atoms with Crippen LogP contribution in [0.2, 0.25) is 10.0 Å².